The van der Waals surface area contributed by atoms with Crippen LogP contribution in [0.25, 0.3) is 0 Å². The molecule has 0 aliphatic carbocycles. The first-order valence-electron chi connectivity index (χ1n) is 38.3. The van der Waals surface area contributed by atoms with Crippen molar-refractivity contribution in [2.75, 3.05) is 39.6 Å². The average molecular weight is 1370 g/mol. The van der Waals surface area contributed by atoms with Gasteiger partial charge in [-0.15, -0.1) is 0 Å². The summed E-state index contributed by atoms with van der Waals surface area (Å²) in [7, 11) is -9.91. The first-order chi connectivity index (χ1) is 44.7. The van der Waals surface area contributed by atoms with Crippen LogP contribution in [0, 0.1) is 17.8 Å². The van der Waals surface area contributed by atoms with Gasteiger partial charge in [-0.3, -0.25) is 37.3 Å². The van der Waals surface area contributed by atoms with Crippen LogP contribution in [-0.2, 0) is 65.4 Å². The van der Waals surface area contributed by atoms with Crippen LogP contribution in [0.2, 0.25) is 0 Å². The molecule has 93 heavy (non-hydrogen) atoms. The Hall–Kier alpha value is -1.94. The maximum Gasteiger partial charge on any atom is 0.472 e. The minimum Gasteiger partial charge on any atom is -0.462 e. The highest BCUT2D eigenvalue weighted by Gasteiger charge is 2.30. The summed E-state index contributed by atoms with van der Waals surface area (Å²) in [6.07, 6.45) is 49.9. The van der Waals surface area contributed by atoms with Crippen LogP contribution in [0.3, 0.4) is 0 Å². The normalized spacial score (nSPS) is 14.1. The molecule has 5 atom stereocenters. The molecule has 0 amide bonds. The second kappa shape index (κ2) is 64.7. The summed E-state index contributed by atoms with van der Waals surface area (Å²) in [5, 5.41) is 10.6. The van der Waals surface area contributed by atoms with Gasteiger partial charge in [0, 0.05) is 25.7 Å². The van der Waals surface area contributed by atoms with E-state index in [-0.39, 0.29) is 25.7 Å². The van der Waals surface area contributed by atoms with Gasteiger partial charge in [0.2, 0.25) is 0 Å². The molecule has 552 valence electrons. The third-order valence-electron chi connectivity index (χ3n) is 17.1. The maximum absolute atomic E-state index is 13.1. The molecule has 0 fully saturated rings. The van der Waals surface area contributed by atoms with E-state index in [9.17, 15) is 43.2 Å². The lowest BCUT2D eigenvalue weighted by Gasteiger charge is -2.21. The standard InChI is InChI=1S/C74H144O17P2/c1-8-9-10-11-12-13-14-15-16-17-18-19-28-36-43-50-57-73(78)90-69(61-84-71(76)55-48-41-34-27-21-20-24-31-38-45-52-65(2)3)63-88-92(80,81)86-59-68(75)60-87-93(82,83)89-64-70(91-74(79)58-51-44-37-30-23-26-33-40-47-54-67(6)7)62-85-72(77)56-49-42-35-29-22-25-32-39-46-53-66(4)5/h65-70,75H,8-64H2,1-7H3,(H,80,81)(H,82,83)/t68-,69-,70-/m1/s1. The first-order valence-corrected chi connectivity index (χ1v) is 41.3. The van der Waals surface area contributed by atoms with E-state index in [0.717, 1.165) is 108 Å². The number of aliphatic hydroxyl groups is 1. The molecule has 0 bridgehead atoms. The van der Waals surface area contributed by atoms with Crippen LogP contribution in [0.1, 0.15) is 376 Å². The quantitative estimate of drug-likeness (QED) is 0.0222. The third-order valence-corrected chi connectivity index (χ3v) is 19.0. The van der Waals surface area contributed by atoms with Crippen LogP contribution >= 0.6 is 15.6 Å². The lowest BCUT2D eigenvalue weighted by atomic mass is 10.0. The molecule has 0 aromatic rings. The minimum absolute atomic E-state index is 0.105. The summed E-state index contributed by atoms with van der Waals surface area (Å²) in [6.45, 7) is 11.8. The number of phosphoric acid groups is 2. The SMILES string of the molecule is CCCCCCCCCCCCCCCCCCC(=O)O[C@H](COC(=O)CCCCCCCCCCCCC(C)C)COP(=O)(O)OC[C@@H](O)COP(=O)(O)OC[C@@H](COC(=O)CCCCCCCCCCCC(C)C)OC(=O)CCCCCCCCCCCC(C)C. The Balaban J connectivity index is 5.26. The number of unbranched alkanes of at least 4 members (excludes halogenated alkanes) is 40. The van der Waals surface area contributed by atoms with Crippen molar-refractivity contribution in [3.63, 3.8) is 0 Å². The fraction of sp³-hybridized carbons (Fsp3) is 0.946. The van der Waals surface area contributed by atoms with Gasteiger partial charge in [-0.25, -0.2) is 9.13 Å². The van der Waals surface area contributed by atoms with Gasteiger partial charge in [-0.05, 0) is 43.4 Å². The molecule has 17 nitrogen and oxygen atoms in total. The van der Waals surface area contributed by atoms with Gasteiger partial charge >= 0.3 is 39.5 Å². The molecule has 0 aliphatic heterocycles. The zero-order valence-electron chi connectivity index (χ0n) is 60.7. The Kier molecular flexibility index (Phi) is 63.4. The van der Waals surface area contributed by atoms with Crippen molar-refractivity contribution in [1.82, 2.24) is 0 Å². The van der Waals surface area contributed by atoms with E-state index in [4.69, 9.17) is 37.0 Å². The van der Waals surface area contributed by atoms with E-state index in [1.165, 1.54) is 186 Å². The molecule has 19 heteroatoms. The fourth-order valence-electron chi connectivity index (χ4n) is 11.2. The molecule has 0 radical (unpaired) electrons. The van der Waals surface area contributed by atoms with Crippen LogP contribution in [-0.4, -0.2) is 96.7 Å². The lowest BCUT2D eigenvalue weighted by molar-refractivity contribution is -0.161. The number of carbonyl (C=O) groups is 4. The Morgan fingerprint density at radius 1 is 0.290 bits per heavy atom. The van der Waals surface area contributed by atoms with Crippen molar-refractivity contribution in [2.24, 2.45) is 17.8 Å². The molecular weight excluding hydrogens is 1220 g/mol. The molecule has 0 heterocycles. The Morgan fingerprint density at radius 2 is 0.495 bits per heavy atom. The first kappa shape index (κ1) is 91.1. The fourth-order valence-corrected chi connectivity index (χ4v) is 12.8. The van der Waals surface area contributed by atoms with E-state index in [0.29, 0.717) is 25.7 Å². The summed E-state index contributed by atoms with van der Waals surface area (Å²) in [6, 6.07) is 0. The average Bonchev–Trinajstić information content (AvgIpc) is 2.08. The van der Waals surface area contributed by atoms with Gasteiger partial charge in [-0.1, -0.05) is 325 Å². The highest BCUT2D eigenvalue weighted by atomic mass is 31.2. The number of carbonyl (C=O) groups excluding carboxylic acids is 4. The van der Waals surface area contributed by atoms with Crippen molar-refractivity contribution in [3.05, 3.63) is 0 Å². The van der Waals surface area contributed by atoms with Crippen molar-refractivity contribution in [1.29, 1.82) is 0 Å². The summed E-state index contributed by atoms with van der Waals surface area (Å²) >= 11 is 0. The lowest BCUT2D eigenvalue weighted by Crippen LogP contribution is -2.30. The van der Waals surface area contributed by atoms with E-state index in [1.807, 2.05) is 0 Å². The smallest absolute Gasteiger partial charge is 0.462 e. The van der Waals surface area contributed by atoms with Crippen molar-refractivity contribution in [2.45, 2.75) is 394 Å². The van der Waals surface area contributed by atoms with Crippen LogP contribution < -0.4 is 0 Å². The molecule has 0 aromatic carbocycles. The molecule has 0 aliphatic rings. The predicted molar refractivity (Wildman–Crippen MR) is 377 cm³/mol. The molecular formula is C74H144O17P2. The second-order valence-corrected chi connectivity index (χ2v) is 31.0. The highest BCUT2D eigenvalue weighted by Crippen LogP contribution is 2.45. The molecule has 0 saturated carbocycles. The van der Waals surface area contributed by atoms with Crippen molar-refractivity contribution < 1.29 is 80.2 Å². The highest BCUT2D eigenvalue weighted by molar-refractivity contribution is 7.47. The number of aliphatic hydroxyl groups excluding tert-OH is 1. The topological polar surface area (TPSA) is 237 Å². The number of ether oxygens (including phenoxy) is 4. The zero-order chi connectivity index (χ0) is 68.7. The number of hydrogen-bond acceptors (Lipinski definition) is 15. The van der Waals surface area contributed by atoms with E-state index in [2.05, 4.69) is 48.5 Å². The summed E-state index contributed by atoms with van der Waals surface area (Å²) in [4.78, 5) is 72.7. The van der Waals surface area contributed by atoms with Gasteiger partial charge < -0.3 is 33.8 Å². The summed E-state index contributed by atoms with van der Waals surface area (Å²) < 4.78 is 68.5. The van der Waals surface area contributed by atoms with Gasteiger partial charge in [-0.2, -0.15) is 0 Å². The van der Waals surface area contributed by atoms with E-state index in [1.54, 1.807) is 0 Å². The molecule has 0 aromatic heterocycles. The van der Waals surface area contributed by atoms with Gasteiger partial charge in [0.25, 0.3) is 0 Å². The minimum atomic E-state index is -4.96. The number of hydrogen-bond donors (Lipinski definition) is 3. The van der Waals surface area contributed by atoms with Gasteiger partial charge in [0.15, 0.2) is 12.2 Å². The van der Waals surface area contributed by atoms with Gasteiger partial charge in [0.1, 0.15) is 19.3 Å². The Bertz CT molecular complexity index is 1820. The van der Waals surface area contributed by atoms with Crippen molar-refractivity contribution in [3.8, 4) is 0 Å². The number of esters is 4. The third kappa shape index (κ3) is 68.4. The van der Waals surface area contributed by atoms with Crippen LogP contribution in [0.5, 0.6) is 0 Å². The van der Waals surface area contributed by atoms with E-state index >= 15 is 0 Å². The van der Waals surface area contributed by atoms with Crippen LogP contribution in [0.15, 0.2) is 0 Å². The summed E-state index contributed by atoms with van der Waals surface area (Å²) in [5.41, 5.74) is 0. The summed E-state index contributed by atoms with van der Waals surface area (Å²) in [5.74, 6) is 0.119. The Labute approximate surface area is 568 Å². The number of phosphoric ester groups is 2. The second-order valence-electron chi connectivity index (χ2n) is 28.1. The Morgan fingerprint density at radius 3 is 0.731 bits per heavy atom. The maximum atomic E-state index is 13.1. The molecule has 0 saturated heterocycles. The predicted octanol–water partition coefficient (Wildman–Crippen LogP) is 21.4. The molecule has 2 unspecified atom stereocenters. The monoisotopic (exact) mass is 1370 g/mol. The number of rotatable bonds is 72. The molecule has 0 spiro atoms. The largest absolute Gasteiger partial charge is 0.472 e. The van der Waals surface area contributed by atoms with Crippen molar-refractivity contribution >= 4 is 39.5 Å². The zero-order valence-corrected chi connectivity index (χ0v) is 62.5. The van der Waals surface area contributed by atoms with E-state index < -0.39 is 97.5 Å². The van der Waals surface area contributed by atoms with Crippen LogP contribution in [0.4, 0.5) is 0 Å². The molecule has 3 N–H and O–H groups in total. The van der Waals surface area contributed by atoms with Gasteiger partial charge in [0.05, 0.1) is 26.4 Å². The molecule has 0 rings (SSSR count).